The number of carbonyl (C=O) groups is 1. The highest BCUT2D eigenvalue weighted by atomic mass is 16.6. The molecule has 9 heteroatoms. The van der Waals surface area contributed by atoms with Gasteiger partial charge in [-0.3, -0.25) is 14.9 Å². The molecule has 0 bridgehead atoms. The molecule has 9 nitrogen and oxygen atoms in total. The lowest BCUT2D eigenvalue weighted by Crippen LogP contribution is -2.45. The van der Waals surface area contributed by atoms with Crippen molar-refractivity contribution in [3.05, 3.63) is 22.5 Å². The lowest BCUT2D eigenvalue weighted by Gasteiger charge is -2.28. The molecule has 1 aromatic rings. The third-order valence-electron chi connectivity index (χ3n) is 2.91. The van der Waals surface area contributed by atoms with Crippen LogP contribution in [0.5, 0.6) is 0 Å². The van der Waals surface area contributed by atoms with Crippen LogP contribution < -0.4 is 4.90 Å². The predicted octanol–water partition coefficient (Wildman–Crippen LogP) is -0.320. The maximum atomic E-state index is 12.0. The molecule has 2 rings (SSSR count). The second-order valence-corrected chi connectivity index (χ2v) is 4.35. The van der Waals surface area contributed by atoms with Crippen LogP contribution in [-0.2, 0) is 9.53 Å². The van der Waals surface area contributed by atoms with Crippen molar-refractivity contribution in [2.24, 2.45) is 0 Å². The molecule has 0 N–H and O–H groups in total. The normalized spacial score (nSPS) is 14.9. The van der Waals surface area contributed by atoms with E-state index in [1.165, 1.54) is 0 Å². The van der Waals surface area contributed by atoms with Gasteiger partial charge in [0.25, 0.3) is 0 Å². The smallest absolute Gasteiger partial charge is 0.305 e. The molecule has 108 valence electrons. The SMILES string of the molecule is CN(CC(=O)N1CCOCC1)c1ncc([N+](=O)[O-])cn1. The van der Waals surface area contributed by atoms with Crippen molar-refractivity contribution in [3.63, 3.8) is 0 Å². The number of nitro groups is 1. The number of aromatic nitrogens is 2. The summed E-state index contributed by atoms with van der Waals surface area (Å²) in [5.74, 6) is 0.231. The third-order valence-corrected chi connectivity index (χ3v) is 2.91. The van der Waals surface area contributed by atoms with Crippen molar-refractivity contribution in [2.75, 3.05) is 44.8 Å². The Balaban J connectivity index is 1.94. The Morgan fingerprint density at radius 2 is 2.05 bits per heavy atom. The highest BCUT2D eigenvalue weighted by Gasteiger charge is 2.19. The summed E-state index contributed by atoms with van der Waals surface area (Å²) in [6, 6.07) is 0. The van der Waals surface area contributed by atoms with Crippen LogP contribution in [0.2, 0.25) is 0 Å². The number of nitrogens with zero attached hydrogens (tertiary/aromatic N) is 5. The fourth-order valence-corrected chi connectivity index (χ4v) is 1.79. The number of hydrogen-bond donors (Lipinski definition) is 0. The van der Waals surface area contributed by atoms with Crippen molar-refractivity contribution in [1.29, 1.82) is 0 Å². The Kier molecular flexibility index (Phi) is 4.41. The number of ether oxygens (including phenoxy) is 1. The summed E-state index contributed by atoms with van der Waals surface area (Å²) in [5.41, 5.74) is -0.179. The predicted molar refractivity (Wildman–Crippen MR) is 69.4 cm³/mol. The standard InChI is InChI=1S/C11H15N5O4/c1-14(8-10(17)15-2-4-20-5-3-15)11-12-6-9(7-13-11)16(18)19/h6-7H,2-5,8H2,1H3. The van der Waals surface area contributed by atoms with E-state index < -0.39 is 4.92 Å². The molecular weight excluding hydrogens is 266 g/mol. The number of likely N-dealkylation sites (N-methyl/N-ethyl adjacent to an activating group) is 1. The zero-order chi connectivity index (χ0) is 14.5. The monoisotopic (exact) mass is 281 g/mol. The molecule has 0 atom stereocenters. The summed E-state index contributed by atoms with van der Waals surface area (Å²) in [6.07, 6.45) is 2.25. The molecule has 2 heterocycles. The van der Waals surface area contributed by atoms with Crippen LogP contribution in [0.25, 0.3) is 0 Å². The first kappa shape index (κ1) is 14.1. The van der Waals surface area contributed by atoms with Gasteiger partial charge in [0.15, 0.2) is 0 Å². The molecular formula is C11H15N5O4. The Morgan fingerprint density at radius 3 is 2.60 bits per heavy atom. The molecule has 1 aliphatic rings. The summed E-state index contributed by atoms with van der Waals surface area (Å²) in [5, 5.41) is 10.5. The minimum Gasteiger partial charge on any atom is -0.378 e. The van der Waals surface area contributed by atoms with Crippen molar-refractivity contribution >= 4 is 17.5 Å². The maximum absolute atomic E-state index is 12.0. The van der Waals surface area contributed by atoms with Crippen LogP contribution in [0.4, 0.5) is 11.6 Å². The van der Waals surface area contributed by atoms with Gasteiger partial charge in [-0.05, 0) is 0 Å². The Labute approximate surface area is 115 Å². The molecule has 20 heavy (non-hydrogen) atoms. The van der Waals surface area contributed by atoms with E-state index in [2.05, 4.69) is 9.97 Å². The molecule has 0 saturated carbocycles. The van der Waals surface area contributed by atoms with Gasteiger partial charge in [-0.15, -0.1) is 0 Å². The van der Waals surface area contributed by atoms with Gasteiger partial charge < -0.3 is 14.5 Å². The molecule has 1 fully saturated rings. The van der Waals surface area contributed by atoms with Crippen molar-refractivity contribution in [3.8, 4) is 0 Å². The van der Waals surface area contributed by atoms with Crippen LogP contribution in [-0.4, -0.2) is 65.6 Å². The Hall–Kier alpha value is -2.29. The topological polar surface area (TPSA) is 102 Å². The number of morpholine rings is 1. The summed E-state index contributed by atoms with van der Waals surface area (Å²) in [7, 11) is 1.67. The van der Waals surface area contributed by atoms with Gasteiger partial charge in [-0.1, -0.05) is 0 Å². The zero-order valence-electron chi connectivity index (χ0n) is 11.1. The second-order valence-electron chi connectivity index (χ2n) is 4.35. The lowest BCUT2D eigenvalue weighted by atomic mass is 10.4. The fourth-order valence-electron chi connectivity index (χ4n) is 1.79. The zero-order valence-corrected chi connectivity index (χ0v) is 11.1. The summed E-state index contributed by atoms with van der Waals surface area (Å²) < 4.78 is 5.18. The number of hydrogen-bond acceptors (Lipinski definition) is 7. The van der Waals surface area contributed by atoms with E-state index in [0.29, 0.717) is 26.3 Å². The molecule has 0 aromatic carbocycles. The number of carbonyl (C=O) groups excluding carboxylic acids is 1. The summed E-state index contributed by atoms with van der Waals surface area (Å²) in [6.45, 7) is 2.37. The average molecular weight is 281 g/mol. The van der Waals surface area contributed by atoms with Gasteiger partial charge in [0.2, 0.25) is 11.9 Å². The first-order valence-electron chi connectivity index (χ1n) is 6.11. The van der Waals surface area contributed by atoms with E-state index in [1.807, 2.05) is 0 Å². The van der Waals surface area contributed by atoms with E-state index in [-0.39, 0.29) is 24.1 Å². The molecule has 1 aromatic heterocycles. The lowest BCUT2D eigenvalue weighted by molar-refractivity contribution is -0.385. The van der Waals surface area contributed by atoms with Gasteiger partial charge in [-0.2, -0.15) is 0 Å². The minimum atomic E-state index is -0.567. The molecule has 0 radical (unpaired) electrons. The van der Waals surface area contributed by atoms with E-state index in [1.54, 1.807) is 16.8 Å². The van der Waals surface area contributed by atoms with Crippen molar-refractivity contribution in [2.45, 2.75) is 0 Å². The van der Waals surface area contributed by atoms with Crippen molar-refractivity contribution < 1.29 is 14.5 Å². The molecule has 0 spiro atoms. The minimum absolute atomic E-state index is 0.0437. The first-order chi connectivity index (χ1) is 9.58. The highest BCUT2D eigenvalue weighted by Crippen LogP contribution is 2.11. The van der Waals surface area contributed by atoms with Crippen LogP contribution >= 0.6 is 0 Å². The number of anilines is 1. The van der Waals surface area contributed by atoms with Gasteiger partial charge >= 0.3 is 5.69 Å². The van der Waals surface area contributed by atoms with E-state index in [0.717, 1.165) is 12.4 Å². The van der Waals surface area contributed by atoms with E-state index in [4.69, 9.17) is 4.74 Å². The van der Waals surface area contributed by atoms with Crippen LogP contribution in [0.15, 0.2) is 12.4 Å². The first-order valence-corrected chi connectivity index (χ1v) is 6.11. The maximum Gasteiger partial charge on any atom is 0.305 e. The Bertz CT molecular complexity index is 486. The second kappa shape index (κ2) is 6.24. The molecule has 1 amide bonds. The van der Waals surface area contributed by atoms with Crippen LogP contribution in [0.1, 0.15) is 0 Å². The van der Waals surface area contributed by atoms with Crippen molar-refractivity contribution in [1.82, 2.24) is 14.9 Å². The summed E-state index contributed by atoms with van der Waals surface area (Å²) >= 11 is 0. The van der Waals surface area contributed by atoms with E-state index in [9.17, 15) is 14.9 Å². The van der Waals surface area contributed by atoms with E-state index >= 15 is 0 Å². The molecule has 0 unspecified atom stereocenters. The summed E-state index contributed by atoms with van der Waals surface area (Å²) in [4.78, 5) is 33.0. The van der Waals surface area contributed by atoms with Crippen LogP contribution in [0.3, 0.4) is 0 Å². The number of amides is 1. The van der Waals surface area contributed by atoms with Gasteiger partial charge in [0.1, 0.15) is 12.4 Å². The van der Waals surface area contributed by atoms with Gasteiger partial charge in [-0.25, -0.2) is 9.97 Å². The van der Waals surface area contributed by atoms with Gasteiger partial charge in [0.05, 0.1) is 24.7 Å². The quantitative estimate of drug-likeness (QED) is 0.550. The molecule has 1 saturated heterocycles. The molecule has 1 aliphatic heterocycles. The number of rotatable bonds is 4. The molecule has 0 aliphatic carbocycles. The Morgan fingerprint density at radius 1 is 1.45 bits per heavy atom. The highest BCUT2D eigenvalue weighted by molar-refractivity contribution is 5.80. The fraction of sp³-hybridized carbons (Fsp3) is 0.545. The van der Waals surface area contributed by atoms with Crippen LogP contribution in [0, 0.1) is 10.1 Å². The average Bonchev–Trinajstić information content (AvgIpc) is 2.48. The third kappa shape index (κ3) is 3.38. The largest absolute Gasteiger partial charge is 0.378 e. The van der Waals surface area contributed by atoms with Gasteiger partial charge in [0, 0.05) is 20.1 Å².